The van der Waals surface area contributed by atoms with Crippen molar-refractivity contribution in [2.75, 3.05) is 6.54 Å². The molecule has 1 fully saturated rings. The average Bonchev–Trinajstić information content (AvgIpc) is 3.27. The third-order valence-electron chi connectivity index (χ3n) is 8.50. The van der Waals surface area contributed by atoms with Crippen molar-refractivity contribution >= 4 is 23.5 Å². The van der Waals surface area contributed by atoms with Gasteiger partial charge in [-0.25, -0.2) is 8.78 Å². The molecule has 0 radical (unpaired) electrons. The molecule has 4 heterocycles. The van der Waals surface area contributed by atoms with Crippen LogP contribution in [-0.2, 0) is 16.2 Å². The fourth-order valence-electron chi connectivity index (χ4n) is 6.12. The predicted molar refractivity (Wildman–Crippen MR) is 153 cm³/mol. The summed E-state index contributed by atoms with van der Waals surface area (Å²) in [7, 11) is 0. The largest absolute Gasteiger partial charge is 0.420 e. The van der Waals surface area contributed by atoms with Gasteiger partial charge in [0.1, 0.15) is 17.2 Å². The third kappa shape index (κ3) is 5.92. The Balaban J connectivity index is 1.58. The van der Waals surface area contributed by atoms with E-state index in [9.17, 15) is 28.0 Å². The number of fused-ring (bicyclic) bond motifs is 5. The Labute approximate surface area is 248 Å². The number of aromatic nitrogens is 1. The summed E-state index contributed by atoms with van der Waals surface area (Å²) in [6.07, 6.45) is 4.26. The number of hydrogen-bond donors (Lipinski definition) is 1. The topological polar surface area (TPSA) is 119 Å². The molecule has 2 aromatic rings. The Hall–Kier alpha value is -4.09. The van der Waals surface area contributed by atoms with Crippen LogP contribution < -0.4 is 15.5 Å². The maximum atomic E-state index is 14.2. The second kappa shape index (κ2) is 11.9. The number of nitrogens with one attached hydrogen (secondary N) is 1. The number of halogens is 2. The van der Waals surface area contributed by atoms with Gasteiger partial charge in [-0.3, -0.25) is 19.2 Å². The number of carbonyl (C=O) groups is 3. The van der Waals surface area contributed by atoms with E-state index in [-0.39, 0.29) is 42.4 Å². The van der Waals surface area contributed by atoms with Crippen LogP contribution in [0.25, 0.3) is 0 Å². The molecule has 2 bridgehead atoms. The van der Waals surface area contributed by atoms with Crippen molar-refractivity contribution < 1.29 is 32.7 Å². The van der Waals surface area contributed by atoms with Gasteiger partial charge in [-0.05, 0) is 45.1 Å². The Bertz CT molecular complexity index is 1550. The van der Waals surface area contributed by atoms with E-state index in [1.54, 1.807) is 4.90 Å². The fourth-order valence-corrected chi connectivity index (χ4v) is 6.12. The van der Waals surface area contributed by atoms with E-state index < -0.39 is 52.2 Å². The standard InChI is InChI=1S/C31H36F2N4O6/c1-17(2)6-5-7-25(38)42-28-26-30(41)36-16-24(31(11-10-19(36)4)13-18(3)35-43-31)37(26)15-22(27(28)39)29(40)34-14-20-8-9-21(32)12-23(20)33/h8-9,12,15,17,19,24H,5-7,10-11,13-14,16H2,1-4H3,(H,34,40)/t19-,24+,31-/m0/s1. The van der Waals surface area contributed by atoms with Gasteiger partial charge in [-0.2, -0.15) is 0 Å². The molecule has 0 saturated carbocycles. The Morgan fingerprint density at radius 1 is 1.26 bits per heavy atom. The van der Waals surface area contributed by atoms with E-state index in [2.05, 4.69) is 10.5 Å². The molecule has 5 rings (SSSR count). The van der Waals surface area contributed by atoms with Gasteiger partial charge >= 0.3 is 5.97 Å². The molecule has 230 valence electrons. The van der Waals surface area contributed by atoms with Gasteiger partial charge in [-0.1, -0.05) is 31.5 Å². The van der Waals surface area contributed by atoms with Crippen LogP contribution in [0.3, 0.4) is 0 Å². The lowest BCUT2D eigenvalue weighted by molar-refractivity contribution is -0.134. The first-order valence-electron chi connectivity index (χ1n) is 14.6. The quantitative estimate of drug-likeness (QED) is 0.447. The van der Waals surface area contributed by atoms with E-state index in [0.29, 0.717) is 37.7 Å². The SMILES string of the molecule is CC1=NO[C@@]2(CC[C@H](C)N3C[C@H]2n2cc(C(=O)NCc4ccc(F)cc4F)c(=O)c(OC(=O)CCCC(C)C)c2C3=O)C1. The average molecular weight is 599 g/mol. The van der Waals surface area contributed by atoms with Crippen LogP contribution in [-0.4, -0.2) is 51.2 Å². The van der Waals surface area contributed by atoms with Gasteiger partial charge < -0.3 is 24.4 Å². The molecule has 0 aliphatic carbocycles. The van der Waals surface area contributed by atoms with Gasteiger partial charge in [0.25, 0.3) is 11.8 Å². The van der Waals surface area contributed by atoms with E-state index in [4.69, 9.17) is 9.57 Å². The minimum Gasteiger partial charge on any atom is -0.420 e. The predicted octanol–water partition coefficient (Wildman–Crippen LogP) is 4.50. The molecule has 43 heavy (non-hydrogen) atoms. The van der Waals surface area contributed by atoms with Crippen LogP contribution in [0.4, 0.5) is 8.78 Å². The molecule has 3 atom stereocenters. The number of benzene rings is 1. The van der Waals surface area contributed by atoms with Crippen molar-refractivity contribution in [2.24, 2.45) is 11.1 Å². The zero-order valence-corrected chi connectivity index (χ0v) is 24.7. The third-order valence-corrected chi connectivity index (χ3v) is 8.50. The van der Waals surface area contributed by atoms with Crippen LogP contribution in [0.15, 0.2) is 34.3 Å². The maximum absolute atomic E-state index is 14.2. The van der Waals surface area contributed by atoms with Gasteiger partial charge in [0.2, 0.25) is 11.2 Å². The number of pyridine rings is 1. The minimum absolute atomic E-state index is 0.0131. The highest BCUT2D eigenvalue weighted by molar-refractivity contribution is 6.00. The Morgan fingerprint density at radius 3 is 2.70 bits per heavy atom. The summed E-state index contributed by atoms with van der Waals surface area (Å²) in [5, 5.41) is 6.70. The molecule has 3 aliphatic heterocycles. The lowest BCUT2D eigenvalue weighted by Crippen LogP contribution is -2.52. The number of amides is 2. The Kier molecular flexibility index (Phi) is 8.40. The van der Waals surface area contributed by atoms with E-state index in [1.165, 1.54) is 16.8 Å². The van der Waals surface area contributed by atoms with Crippen molar-refractivity contribution in [3.63, 3.8) is 0 Å². The van der Waals surface area contributed by atoms with Crippen molar-refractivity contribution in [3.05, 3.63) is 63.1 Å². The van der Waals surface area contributed by atoms with Crippen molar-refractivity contribution in [3.8, 4) is 5.75 Å². The molecule has 2 amide bonds. The molecule has 1 spiro atoms. The van der Waals surface area contributed by atoms with Crippen molar-refractivity contribution in [2.45, 2.75) is 90.4 Å². The Morgan fingerprint density at radius 2 is 2.02 bits per heavy atom. The van der Waals surface area contributed by atoms with Gasteiger partial charge in [0, 0.05) is 49.8 Å². The summed E-state index contributed by atoms with van der Waals surface area (Å²) < 4.78 is 34.8. The molecular formula is C31H36F2N4O6. The van der Waals surface area contributed by atoms with Crippen LogP contribution in [0.1, 0.15) is 98.7 Å². The highest BCUT2D eigenvalue weighted by Crippen LogP contribution is 2.46. The maximum Gasteiger partial charge on any atom is 0.311 e. The second-order valence-corrected chi connectivity index (χ2v) is 12.2. The summed E-state index contributed by atoms with van der Waals surface area (Å²) in [4.78, 5) is 61.8. The molecular weight excluding hydrogens is 562 g/mol. The number of esters is 1. The molecule has 1 aromatic heterocycles. The number of carbonyl (C=O) groups excluding carboxylic acids is 3. The summed E-state index contributed by atoms with van der Waals surface area (Å²) in [6.45, 7) is 7.72. The lowest BCUT2D eigenvalue weighted by Gasteiger charge is -2.42. The van der Waals surface area contributed by atoms with Gasteiger partial charge in [0.15, 0.2) is 11.3 Å². The number of oxime groups is 1. The lowest BCUT2D eigenvalue weighted by atomic mass is 9.84. The van der Waals surface area contributed by atoms with Gasteiger partial charge in [-0.15, -0.1) is 0 Å². The highest BCUT2D eigenvalue weighted by Gasteiger charge is 2.54. The smallest absolute Gasteiger partial charge is 0.311 e. The normalized spacial score (nSPS) is 22.6. The molecule has 0 unspecified atom stereocenters. The first-order chi connectivity index (χ1) is 20.4. The summed E-state index contributed by atoms with van der Waals surface area (Å²) in [6, 6.07) is 2.21. The van der Waals surface area contributed by atoms with Crippen LogP contribution in [0, 0.1) is 17.6 Å². The second-order valence-electron chi connectivity index (χ2n) is 12.2. The number of hydrogen-bond acceptors (Lipinski definition) is 7. The van der Waals surface area contributed by atoms with Crippen molar-refractivity contribution in [1.82, 2.24) is 14.8 Å². The van der Waals surface area contributed by atoms with Crippen LogP contribution in [0.2, 0.25) is 0 Å². The summed E-state index contributed by atoms with van der Waals surface area (Å²) >= 11 is 0. The first-order valence-corrected chi connectivity index (χ1v) is 14.6. The van der Waals surface area contributed by atoms with E-state index in [0.717, 1.165) is 18.2 Å². The van der Waals surface area contributed by atoms with E-state index in [1.807, 2.05) is 27.7 Å². The highest BCUT2D eigenvalue weighted by atomic mass is 19.1. The molecule has 10 nitrogen and oxygen atoms in total. The number of nitrogens with zero attached hydrogens (tertiary/aromatic N) is 3. The monoisotopic (exact) mass is 598 g/mol. The molecule has 12 heteroatoms. The molecule has 3 aliphatic rings. The van der Waals surface area contributed by atoms with Crippen LogP contribution >= 0.6 is 0 Å². The molecule has 1 N–H and O–H groups in total. The minimum atomic E-state index is -0.935. The fraction of sp³-hybridized carbons (Fsp3) is 0.516. The van der Waals surface area contributed by atoms with Crippen LogP contribution in [0.5, 0.6) is 5.75 Å². The number of rotatable bonds is 8. The molecule has 1 aromatic carbocycles. The van der Waals surface area contributed by atoms with Gasteiger partial charge in [0.05, 0.1) is 11.8 Å². The number of ether oxygens (including phenoxy) is 1. The zero-order valence-electron chi connectivity index (χ0n) is 24.7. The zero-order chi connectivity index (χ0) is 31.1. The summed E-state index contributed by atoms with van der Waals surface area (Å²) in [5.74, 6) is -3.83. The molecule has 1 saturated heterocycles. The first kappa shape index (κ1) is 30.4. The van der Waals surface area contributed by atoms with Crippen molar-refractivity contribution in [1.29, 1.82) is 0 Å². The van der Waals surface area contributed by atoms with E-state index >= 15 is 0 Å². The summed E-state index contributed by atoms with van der Waals surface area (Å²) in [5.41, 5.74) is -1.51.